The molecule has 5 N–H and O–H groups in total. The first-order chi connectivity index (χ1) is 11.8. The Balaban J connectivity index is 2.15. The van der Waals surface area contributed by atoms with Crippen molar-refractivity contribution in [2.45, 2.75) is 44.5 Å². The summed E-state index contributed by atoms with van der Waals surface area (Å²) in [5.41, 5.74) is 0.575. The van der Waals surface area contributed by atoms with Gasteiger partial charge in [-0.05, 0) is 24.3 Å². The zero-order valence-electron chi connectivity index (χ0n) is 13.9. The Bertz CT molecular complexity index is 607. The van der Waals surface area contributed by atoms with Crippen LogP contribution < -0.4 is 15.4 Å². The second-order valence-corrected chi connectivity index (χ2v) is 5.76. The van der Waals surface area contributed by atoms with Crippen molar-refractivity contribution in [2.75, 3.05) is 11.9 Å². The van der Waals surface area contributed by atoms with Crippen molar-refractivity contribution in [3.05, 3.63) is 24.3 Å². The number of carbonyl (C=O) groups is 2. The highest BCUT2D eigenvalue weighted by atomic mass is 16.7. The van der Waals surface area contributed by atoms with Gasteiger partial charge < -0.3 is 35.4 Å². The first-order valence-corrected chi connectivity index (χ1v) is 7.75. The van der Waals surface area contributed by atoms with Crippen LogP contribution in [0.2, 0.25) is 0 Å². The highest BCUT2D eigenvalue weighted by molar-refractivity contribution is 5.88. The molecule has 0 unspecified atom stereocenters. The third-order valence-corrected chi connectivity index (χ3v) is 3.68. The standard InChI is InChI=1S/C16H22N2O7/c1-8(20)17-10-3-5-11(6-4-10)24-16-13(18-9(2)21)15(23)14(22)12(7-19)25-16/h3-6,12-16,19,22-23H,7H2,1-2H3,(H,17,20)(H,18,21)/t12-,13-,14+,15-,16-/m0/s1. The summed E-state index contributed by atoms with van der Waals surface area (Å²) in [5, 5.41) is 34.5. The van der Waals surface area contributed by atoms with Gasteiger partial charge in [-0.3, -0.25) is 9.59 Å². The number of aliphatic hydroxyl groups is 3. The topological polar surface area (TPSA) is 137 Å². The summed E-state index contributed by atoms with van der Waals surface area (Å²) in [4.78, 5) is 22.4. The molecule has 1 aromatic carbocycles. The van der Waals surface area contributed by atoms with Gasteiger partial charge in [0.2, 0.25) is 18.1 Å². The quantitative estimate of drug-likeness (QED) is 0.456. The average Bonchev–Trinajstić information content (AvgIpc) is 2.55. The molecular weight excluding hydrogens is 332 g/mol. The molecule has 1 saturated heterocycles. The van der Waals surface area contributed by atoms with E-state index < -0.39 is 43.2 Å². The molecule has 0 aromatic heterocycles. The minimum Gasteiger partial charge on any atom is -0.463 e. The Morgan fingerprint density at radius 2 is 1.76 bits per heavy atom. The molecule has 0 bridgehead atoms. The Kier molecular flexibility index (Phi) is 6.32. The molecule has 9 nitrogen and oxygen atoms in total. The van der Waals surface area contributed by atoms with Gasteiger partial charge in [0.1, 0.15) is 30.1 Å². The van der Waals surface area contributed by atoms with E-state index in [1.54, 1.807) is 24.3 Å². The van der Waals surface area contributed by atoms with E-state index in [1.807, 2.05) is 0 Å². The molecule has 2 amide bonds. The maximum absolute atomic E-state index is 11.4. The van der Waals surface area contributed by atoms with Gasteiger partial charge in [-0.15, -0.1) is 0 Å². The summed E-state index contributed by atoms with van der Waals surface area (Å²) in [7, 11) is 0. The van der Waals surface area contributed by atoms with Crippen LogP contribution in [0.15, 0.2) is 24.3 Å². The zero-order valence-corrected chi connectivity index (χ0v) is 13.9. The molecule has 1 aromatic rings. The van der Waals surface area contributed by atoms with Crippen LogP contribution in [0.25, 0.3) is 0 Å². The number of nitrogens with one attached hydrogen (secondary N) is 2. The van der Waals surface area contributed by atoms with Crippen molar-refractivity contribution in [2.24, 2.45) is 0 Å². The highest BCUT2D eigenvalue weighted by Crippen LogP contribution is 2.25. The summed E-state index contributed by atoms with van der Waals surface area (Å²) < 4.78 is 11.1. The van der Waals surface area contributed by atoms with Crippen LogP contribution in [-0.4, -0.2) is 64.4 Å². The molecule has 138 valence electrons. The fourth-order valence-electron chi connectivity index (χ4n) is 2.53. The van der Waals surface area contributed by atoms with Gasteiger partial charge in [0, 0.05) is 19.5 Å². The second-order valence-electron chi connectivity index (χ2n) is 5.76. The lowest BCUT2D eigenvalue weighted by Gasteiger charge is -2.42. The summed E-state index contributed by atoms with van der Waals surface area (Å²) >= 11 is 0. The summed E-state index contributed by atoms with van der Waals surface area (Å²) in [6, 6.07) is 5.35. The minimum atomic E-state index is -1.38. The molecule has 0 radical (unpaired) electrons. The average molecular weight is 354 g/mol. The lowest BCUT2D eigenvalue weighted by Crippen LogP contribution is -2.65. The number of anilines is 1. The van der Waals surface area contributed by atoms with Crippen LogP contribution in [0.5, 0.6) is 5.75 Å². The van der Waals surface area contributed by atoms with Gasteiger partial charge in [0.15, 0.2) is 0 Å². The molecule has 1 aliphatic rings. The van der Waals surface area contributed by atoms with E-state index in [1.165, 1.54) is 13.8 Å². The van der Waals surface area contributed by atoms with Crippen LogP contribution in [0.1, 0.15) is 13.8 Å². The Morgan fingerprint density at radius 1 is 1.12 bits per heavy atom. The molecule has 1 aliphatic heterocycles. The third-order valence-electron chi connectivity index (χ3n) is 3.68. The monoisotopic (exact) mass is 354 g/mol. The lowest BCUT2D eigenvalue weighted by molar-refractivity contribution is -0.244. The van der Waals surface area contributed by atoms with Gasteiger partial charge in [0.05, 0.1) is 6.61 Å². The Labute approximate surface area is 144 Å². The molecule has 1 heterocycles. The highest BCUT2D eigenvalue weighted by Gasteiger charge is 2.46. The number of hydrogen-bond acceptors (Lipinski definition) is 7. The molecule has 0 saturated carbocycles. The number of ether oxygens (including phenoxy) is 2. The van der Waals surface area contributed by atoms with E-state index in [2.05, 4.69) is 10.6 Å². The molecule has 2 rings (SSSR count). The van der Waals surface area contributed by atoms with Crippen molar-refractivity contribution < 1.29 is 34.4 Å². The molecule has 0 aliphatic carbocycles. The molecule has 1 fully saturated rings. The van der Waals surface area contributed by atoms with Gasteiger partial charge in [0.25, 0.3) is 0 Å². The predicted octanol–water partition coefficient (Wildman–Crippen LogP) is -1.03. The van der Waals surface area contributed by atoms with E-state index in [9.17, 15) is 24.9 Å². The number of amides is 2. The van der Waals surface area contributed by atoms with E-state index in [4.69, 9.17) is 9.47 Å². The van der Waals surface area contributed by atoms with Gasteiger partial charge >= 0.3 is 0 Å². The largest absolute Gasteiger partial charge is 0.463 e. The predicted molar refractivity (Wildman–Crippen MR) is 86.7 cm³/mol. The fourth-order valence-corrected chi connectivity index (χ4v) is 2.53. The summed E-state index contributed by atoms with van der Waals surface area (Å²) in [6.45, 7) is 2.13. The van der Waals surface area contributed by atoms with Crippen LogP contribution in [0.4, 0.5) is 5.69 Å². The number of benzene rings is 1. The summed E-state index contributed by atoms with van der Waals surface area (Å²) in [6.07, 6.45) is -4.92. The number of rotatable bonds is 5. The molecular formula is C16H22N2O7. The Hall–Kier alpha value is -2.20. The maximum Gasteiger partial charge on any atom is 0.223 e. The number of aliphatic hydroxyl groups excluding tert-OH is 3. The van der Waals surface area contributed by atoms with Crippen LogP contribution in [-0.2, 0) is 14.3 Å². The number of carbonyl (C=O) groups excluding carboxylic acids is 2. The van der Waals surface area contributed by atoms with Gasteiger partial charge in [-0.2, -0.15) is 0 Å². The molecule has 5 atom stereocenters. The Morgan fingerprint density at radius 3 is 2.28 bits per heavy atom. The lowest BCUT2D eigenvalue weighted by atomic mass is 9.97. The maximum atomic E-state index is 11.4. The van der Waals surface area contributed by atoms with Crippen LogP contribution in [0.3, 0.4) is 0 Å². The molecule has 9 heteroatoms. The SMILES string of the molecule is CC(=O)Nc1ccc(O[C@H]2O[C@@H](CO)[C@@H](O)[C@@H](O)[C@@H]2NC(C)=O)cc1. The zero-order chi connectivity index (χ0) is 18.6. The molecule has 0 spiro atoms. The molecule has 25 heavy (non-hydrogen) atoms. The van der Waals surface area contributed by atoms with Crippen molar-refractivity contribution in [1.29, 1.82) is 0 Å². The fraction of sp³-hybridized carbons (Fsp3) is 0.500. The van der Waals surface area contributed by atoms with Gasteiger partial charge in [-0.25, -0.2) is 0 Å². The number of hydrogen-bond donors (Lipinski definition) is 5. The van der Waals surface area contributed by atoms with Crippen molar-refractivity contribution in [3.8, 4) is 5.75 Å². The van der Waals surface area contributed by atoms with E-state index in [0.717, 1.165) is 0 Å². The summed E-state index contributed by atoms with van der Waals surface area (Å²) in [5.74, 6) is -0.287. The van der Waals surface area contributed by atoms with Crippen LogP contribution >= 0.6 is 0 Å². The van der Waals surface area contributed by atoms with Crippen molar-refractivity contribution in [3.63, 3.8) is 0 Å². The normalized spacial score (nSPS) is 28.9. The first kappa shape index (κ1) is 19.1. The van der Waals surface area contributed by atoms with Crippen LogP contribution in [0, 0.1) is 0 Å². The first-order valence-electron chi connectivity index (χ1n) is 7.75. The van der Waals surface area contributed by atoms with Crippen molar-refractivity contribution >= 4 is 17.5 Å². The smallest absolute Gasteiger partial charge is 0.223 e. The van der Waals surface area contributed by atoms with E-state index >= 15 is 0 Å². The van der Waals surface area contributed by atoms with Gasteiger partial charge in [-0.1, -0.05) is 0 Å². The minimum absolute atomic E-state index is 0.210. The van der Waals surface area contributed by atoms with E-state index in [0.29, 0.717) is 11.4 Å². The second kappa shape index (κ2) is 8.26. The van der Waals surface area contributed by atoms with Crippen molar-refractivity contribution in [1.82, 2.24) is 5.32 Å². The van der Waals surface area contributed by atoms with E-state index in [-0.39, 0.29) is 5.91 Å². The third kappa shape index (κ3) is 4.89.